The van der Waals surface area contributed by atoms with E-state index < -0.39 is 10.0 Å². The summed E-state index contributed by atoms with van der Waals surface area (Å²) in [7, 11) is -3.79. The first-order valence-corrected chi connectivity index (χ1v) is 10.7. The molecule has 8 heteroatoms. The molecule has 2 aromatic heterocycles. The van der Waals surface area contributed by atoms with E-state index in [1.165, 1.54) is 17.5 Å². The molecule has 1 aromatic carbocycles. The molecular weight excluding hydrogens is 390 g/mol. The van der Waals surface area contributed by atoms with Crippen molar-refractivity contribution in [1.29, 1.82) is 0 Å². The number of benzene rings is 1. The molecule has 0 saturated heterocycles. The van der Waals surface area contributed by atoms with Crippen molar-refractivity contribution in [1.82, 2.24) is 9.29 Å². The molecule has 0 bridgehead atoms. The van der Waals surface area contributed by atoms with Crippen molar-refractivity contribution in [3.63, 3.8) is 0 Å². The van der Waals surface area contributed by atoms with E-state index in [2.05, 4.69) is 4.98 Å². The van der Waals surface area contributed by atoms with Crippen LogP contribution in [0.4, 0.5) is 5.69 Å². The first-order valence-electron chi connectivity index (χ1n) is 9.27. The number of amides is 1. The zero-order valence-corrected chi connectivity index (χ0v) is 16.8. The Morgan fingerprint density at radius 3 is 2.76 bits per heavy atom. The molecule has 0 unspecified atom stereocenters. The number of anilines is 1. The molecular formula is C21H21N3O4S. The van der Waals surface area contributed by atoms with Crippen LogP contribution in [0.15, 0.2) is 70.4 Å². The second-order valence-electron chi connectivity index (χ2n) is 6.92. The van der Waals surface area contributed by atoms with Crippen molar-refractivity contribution in [2.45, 2.75) is 31.3 Å². The summed E-state index contributed by atoms with van der Waals surface area (Å²) in [5.74, 6) is 0.511. The van der Waals surface area contributed by atoms with Gasteiger partial charge in [0.15, 0.2) is 0 Å². The van der Waals surface area contributed by atoms with Gasteiger partial charge < -0.3 is 9.32 Å². The topological polar surface area (TPSA) is 83.7 Å². The van der Waals surface area contributed by atoms with Gasteiger partial charge in [0.2, 0.25) is 15.9 Å². The second-order valence-corrected chi connectivity index (χ2v) is 8.86. The van der Waals surface area contributed by atoms with Crippen molar-refractivity contribution >= 4 is 21.6 Å². The maximum absolute atomic E-state index is 13.5. The molecule has 0 aliphatic carbocycles. The van der Waals surface area contributed by atoms with Gasteiger partial charge in [-0.05, 0) is 53.9 Å². The molecule has 4 rings (SSSR count). The number of hydrogen-bond donors (Lipinski definition) is 0. The van der Waals surface area contributed by atoms with E-state index in [0.717, 1.165) is 16.8 Å². The molecule has 0 N–H and O–H groups in total. The summed E-state index contributed by atoms with van der Waals surface area (Å²) >= 11 is 0. The van der Waals surface area contributed by atoms with Crippen molar-refractivity contribution in [2.24, 2.45) is 0 Å². The van der Waals surface area contributed by atoms with Crippen LogP contribution in [0.2, 0.25) is 0 Å². The fraction of sp³-hybridized carbons (Fsp3) is 0.238. The smallest absolute Gasteiger partial charge is 0.243 e. The SMILES string of the molecule is CC(=O)N1CCc2cc(S(=O)(=O)N(Cc3cccnc3)Cc3ccco3)ccc21. The summed E-state index contributed by atoms with van der Waals surface area (Å²) in [6.07, 6.45) is 5.46. The highest BCUT2D eigenvalue weighted by Gasteiger charge is 2.29. The maximum Gasteiger partial charge on any atom is 0.243 e. The maximum atomic E-state index is 13.5. The fourth-order valence-corrected chi connectivity index (χ4v) is 4.96. The van der Waals surface area contributed by atoms with E-state index >= 15 is 0 Å². The van der Waals surface area contributed by atoms with E-state index in [4.69, 9.17) is 4.42 Å². The zero-order chi connectivity index (χ0) is 20.4. The van der Waals surface area contributed by atoms with Crippen LogP contribution in [0.5, 0.6) is 0 Å². The standard InChI is InChI=1S/C21H21N3O4S/c1-16(25)24-10-8-18-12-20(6-7-21(18)24)29(26,27)23(15-19-5-3-11-28-19)14-17-4-2-9-22-13-17/h2-7,9,11-13H,8,10,14-15H2,1H3. The fourth-order valence-electron chi connectivity index (χ4n) is 3.51. The Morgan fingerprint density at radius 1 is 1.21 bits per heavy atom. The van der Waals surface area contributed by atoms with Gasteiger partial charge >= 0.3 is 0 Å². The number of carbonyl (C=O) groups excluding carboxylic acids is 1. The van der Waals surface area contributed by atoms with Crippen molar-refractivity contribution in [3.05, 3.63) is 78.0 Å². The van der Waals surface area contributed by atoms with Crippen molar-refractivity contribution < 1.29 is 17.6 Å². The van der Waals surface area contributed by atoms with Crippen LogP contribution in [0, 0.1) is 0 Å². The molecule has 1 aliphatic heterocycles. The average molecular weight is 411 g/mol. The molecule has 29 heavy (non-hydrogen) atoms. The van der Waals surface area contributed by atoms with Crippen LogP contribution >= 0.6 is 0 Å². The lowest BCUT2D eigenvalue weighted by molar-refractivity contribution is -0.116. The quantitative estimate of drug-likeness (QED) is 0.623. The van der Waals surface area contributed by atoms with Gasteiger partial charge in [-0.2, -0.15) is 4.31 Å². The third-order valence-electron chi connectivity index (χ3n) is 4.96. The predicted molar refractivity (Wildman–Crippen MR) is 108 cm³/mol. The van der Waals surface area contributed by atoms with Gasteiger partial charge in [-0.15, -0.1) is 0 Å². The lowest BCUT2D eigenvalue weighted by Crippen LogP contribution is -2.30. The summed E-state index contributed by atoms with van der Waals surface area (Å²) < 4.78 is 33.7. The second kappa shape index (κ2) is 7.81. The predicted octanol–water partition coefficient (Wildman–Crippen LogP) is 2.97. The number of pyridine rings is 1. The van der Waals surface area contributed by atoms with Crippen molar-refractivity contribution in [2.75, 3.05) is 11.4 Å². The summed E-state index contributed by atoms with van der Waals surface area (Å²) in [5, 5.41) is 0. The van der Waals surface area contributed by atoms with E-state index in [-0.39, 0.29) is 23.9 Å². The Balaban J connectivity index is 1.68. The van der Waals surface area contributed by atoms with E-state index in [9.17, 15) is 13.2 Å². The van der Waals surface area contributed by atoms with Gasteiger partial charge in [-0.1, -0.05) is 6.07 Å². The van der Waals surface area contributed by atoms with Crippen LogP contribution in [0.3, 0.4) is 0 Å². The molecule has 1 aliphatic rings. The molecule has 7 nitrogen and oxygen atoms in total. The van der Waals surface area contributed by atoms with Crippen LogP contribution in [0.1, 0.15) is 23.8 Å². The molecule has 150 valence electrons. The number of nitrogens with zero attached hydrogens (tertiary/aromatic N) is 3. The van der Waals surface area contributed by atoms with Gasteiger partial charge in [0.25, 0.3) is 0 Å². The number of furan rings is 1. The zero-order valence-electron chi connectivity index (χ0n) is 16.0. The third-order valence-corrected chi connectivity index (χ3v) is 6.75. The average Bonchev–Trinajstić information content (AvgIpc) is 3.37. The number of sulfonamides is 1. The number of hydrogen-bond acceptors (Lipinski definition) is 5. The first kappa shape index (κ1) is 19.4. The Hall–Kier alpha value is -2.97. The van der Waals surface area contributed by atoms with Gasteiger partial charge in [-0.3, -0.25) is 9.78 Å². The minimum absolute atomic E-state index is 0.0459. The summed E-state index contributed by atoms with van der Waals surface area (Å²) in [5.41, 5.74) is 2.42. The highest BCUT2D eigenvalue weighted by molar-refractivity contribution is 7.89. The molecule has 0 saturated carbocycles. The molecule has 0 fully saturated rings. The van der Waals surface area contributed by atoms with Gasteiger partial charge in [0, 0.05) is 38.1 Å². The van der Waals surface area contributed by atoms with Crippen LogP contribution in [0.25, 0.3) is 0 Å². The van der Waals surface area contributed by atoms with Gasteiger partial charge in [0.1, 0.15) is 5.76 Å². The highest BCUT2D eigenvalue weighted by atomic mass is 32.2. The Bertz CT molecular complexity index is 1110. The third kappa shape index (κ3) is 3.94. The van der Waals surface area contributed by atoms with Crippen molar-refractivity contribution in [3.8, 4) is 0 Å². The van der Waals surface area contributed by atoms with Gasteiger partial charge in [0.05, 0.1) is 17.7 Å². The minimum atomic E-state index is -3.79. The largest absolute Gasteiger partial charge is 0.468 e. The van der Waals surface area contributed by atoms with E-state index in [0.29, 0.717) is 18.7 Å². The molecule has 3 aromatic rings. The number of fused-ring (bicyclic) bond motifs is 1. The number of carbonyl (C=O) groups is 1. The Kier molecular flexibility index (Phi) is 5.21. The van der Waals surface area contributed by atoms with Crippen LogP contribution in [-0.4, -0.2) is 30.2 Å². The monoisotopic (exact) mass is 411 g/mol. The van der Waals surface area contributed by atoms with Gasteiger partial charge in [-0.25, -0.2) is 8.42 Å². The van der Waals surface area contributed by atoms with Crippen LogP contribution in [-0.2, 0) is 34.3 Å². The summed E-state index contributed by atoms with van der Waals surface area (Å²) in [6.45, 7) is 2.37. The minimum Gasteiger partial charge on any atom is -0.468 e. The summed E-state index contributed by atoms with van der Waals surface area (Å²) in [6, 6.07) is 12.0. The number of aromatic nitrogens is 1. The lowest BCUT2D eigenvalue weighted by atomic mass is 10.2. The van der Waals surface area contributed by atoms with E-state index in [1.54, 1.807) is 53.7 Å². The Labute approximate surface area is 169 Å². The molecule has 0 spiro atoms. The lowest BCUT2D eigenvalue weighted by Gasteiger charge is -2.22. The molecule has 0 atom stereocenters. The van der Waals surface area contributed by atoms with E-state index in [1.807, 2.05) is 6.07 Å². The molecule has 0 radical (unpaired) electrons. The normalized spacial score (nSPS) is 13.7. The first-order chi connectivity index (χ1) is 13.9. The molecule has 1 amide bonds. The highest BCUT2D eigenvalue weighted by Crippen LogP contribution is 2.32. The van der Waals surface area contributed by atoms with Crippen LogP contribution < -0.4 is 4.90 Å². The summed E-state index contributed by atoms with van der Waals surface area (Å²) in [4.78, 5) is 17.7. The molecule has 3 heterocycles. The Morgan fingerprint density at radius 2 is 2.07 bits per heavy atom. The number of rotatable bonds is 6.